The van der Waals surface area contributed by atoms with Crippen LogP contribution in [0.2, 0.25) is 0 Å². The summed E-state index contributed by atoms with van der Waals surface area (Å²) in [5, 5.41) is 3.39. The van der Waals surface area contributed by atoms with Crippen LogP contribution < -0.4 is 5.32 Å². The molecule has 0 saturated heterocycles. The van der Waals surface area contributed by atoms with E-state index in [-0.39, 0.29) is 0 Å². The van der Waals surface area contributed by atoms with E-state index in [1.54, 1.807) is 11.3 Å². The Morgan fingerprint density at radius 1 is 1.20 bits per heavy atom. The van der Waals surface area contributed by atoms with Gasteiger partial charge < -0.3 is 5.32 Å². The van der Waals surface area contributed by atoms with Crippen LogP contribution in [0.15, 0.2) is 29.8 Å². The predicted octanol–water partition coefficient (Wildman–Crippen LogP) is 3.37. The second-order valence-electron chi connectivity index (χ2n) is 3.58. The summed E-state index contributed by atoms with van der Waals surface area (Å²) in [5.74, 6) is 0. The normalized spacial score (nSPS) is 10.3. The number of rotatable bonds is 3. The van der Waals surface area contributed by atoms with Gasteiger partial charge in [0.15, 0.2) is 0 Å². The highest BCUT2D eigenvalue weighted by atomic mass is 32.1. The summed E-state index contributed by atoms with van der Waals surface area (Å²) in [4.78, 5) is 5.52. The topological polar surface area (TPSA) is 24.9 Å². The van der Waals surface area contributed by atoms with Crippen LogP contribution in [0.1, 0.15) is 16.1 Å². The van der Waals surface area contributed by atoms with Gasteiger partial charge in [-0.15, -0.1) is 11.3 Å². The highest BCUT2D eigenvalue weighted by Gasteiger charge is 2.00. The molecule has 1 aromatic heterocycles. The van der Waals surface area contributed by atoms with E-state index in [0.29, 0.717) is 0 Å². The standard InChI is InChI=1S/C12H14N2S/c1-9-3-5-11(6-4-9)13-7-12-10(2)14-8-15-12/h3-6,8,13H,7H2,1-2H3. The lowest BCUT2D eigenvalue weighted by atomic mass is 10.2. The third-order valence-corrected chi connectivity index (χ3v) is 3.28. The molecule has 0 atom stereocenters. The number of aromatic nitrogens is 1. The van der Waals surface area contributed by atoms with Crippen molar-refractivity contribution in [1.29, 1.82) is 0 Å². The third-order valence-electron chi connectivity index (χ3n) is 2.35. The predicted molar refractivity (Wildman–Crippen MR) is 65.4 cm³/mol. The average Bonchev–Trinajstić information content (AvgIpc) is 2.63. The van der Waals surface area contributed by atoms with Gasteiger partial charge in [0.2, 0.25) is 0 Å². The molecule has 1 aromatic carbocycles. The van der Waals surface area contributed by atoms with Crippen molar-refractivity contribution >= 4 is 17.0 Å². The maximum Gasteiger partial charge on any atom is 0.0798 e. The summed E-state index contributed by atoms with van der Waals surface area (Å²) < 4.78 is 0. The van der Waals surface area contributed by atoms with Crippen LogP contribution in [0.25, 0.3) is 0 Å². The van der Waals surface area contributed by atoms with Crippen LogP contribution in [-0.4, -0.2) is 4.98 Å². The molecule has 0 unspecified atom stereocenters. The summed E-state index contributed by atoms with van der Waals surface area (Å²) in [7, 11) is 0. The minimum atomic E-state index is 0.861. The van der Waals surface area contributed by atoms with Crippen molar-refractivity contribution in [2.24, 2.45) is 0 Å². The van der Waals surface area contributed by atoms with E-state index in [0.717, 1.165) is 17.9 Å². The fourth-order valence-corrected chi connectivity index (χ4v) is 2.07. The number of hydrogen-bond acceptors (Lipinski definition) is 3. The number of aryl methyl sites for hydroxylation is 2. The Balaban J connectivity index is 1.99. The Morgan fingerprint density at radius 3 is 2.53 bits per heavy atom. The van der Waals surface area contributed by atoms with Crippen molar-refractivity contribution in [2.45, 2.75) is 20.4 Å². The number of benzene rings is 1. The van der Waals surface area contributed by atoms with Crippen LogP contribution in [0.5, 0.6) is 0 Å². The fourth-order valence-electron chi connectivity index (χ4n) is 1.35. The molecule has 15 heavy (non-hydrogen) atoms. The molecule has 0 bridgehead atoms. The first-order valence-corrected chi connectivity index (χ1v) is 5.83. The van der Waals surface area contributed by atoms with Gasteiger partial charge in [-0.2, -0.15) is 0 Å². The van der Waals surface area contributed by atoms with E-state index < -0.39 is 0 Å². The summed E-state index contributed by atoms with van der Waals surface area (Å²) in [6.07, 6.45) is 0. The minimum Gasteiger partial charge on any atom is -0.380 e. The second-order valence-corrected chi connectivity index (χ2v) is 4.52. The van der Waals surface area contributed by atoms with Gasteiger partial charge in [0.05, 0.1) is 17.7 Å². The van der Waals surface area contributed by atoms with Crippen molar-refractivity contribution in [3.8, 4) is 0 Å². The lowest BCUT2D eigenvalue weighted by molar-refractivity contribution is 1.12. The number of thiazole rings is 1. The molecule has 0 radical (unpaired) electrons. The SMILES string of the molecule is Cc1ccc(NCc2scnc2C)cc1. The molecule has 1 N–H and O–H groups in total. The fraction of sp³-hybridized carbons (Fsp3) is 0.250. The summed E-state index contributed by atoms with van der Waals surface area (Å²) >= 11 is 1.70. The summed E-state index contributed by atoms with van der Waals surface area (Å²) in [6, 6.07) is 8.43. The molecule has 0 aliphatic carbocycles. The zero-order valence-electron chi connectivity index (χ0n) is 8.95. The first-order chi connectivity index (χ1) is 7.25. The van der Waals surface area contributed by atoms with E-state index >= 15 is 0 Å². The number of nitrogens with one attached hydrogen (secondary N) is 1. The zero-order chi connectivity index (χ0) is 10.7. The minimum absolute atomic E-state index is 0.861. The maximum atomic E-state index is 4.22. The van der Waals surface area contributed by atoms with E-state index in [1.165, 1.54) is 10.4 Å². The highest BCUT2D eigenvalue weighted by Crippen LogP contribution is 2.15. The molecule has 0 fully saturated rings. The molecular weight excluding hydrogens is 204 g/mol. The molecule has 0 aliphatic rings. The first kappa shape index (κ1) is 10.2. The van der Waals surface area contributed by atoms with Crippen molar-refractivity contribution in [1.82, 2.24) is 4.98 Å². The van der Waals surface area contributed by atoms with Crippen molar-refractivity contribution in [3.63, 3.8) is 0 Å². The van der Waals surface area contributed by atoms with Crippen LogP contribution in [-0.2, 0) is 6.54 Å². The highest BCUT2D eigenvalue weighted by molar-refractivity contribution is 7.09. The van der Waals surface area contributed by atoms with Gasteiger partial charge >= 0.3 is 0 Å². The summed E-state index contributed by atoms with van der Waals surface area (Å²) in [5.41, 5.74) is 5.46. The van der Waals surface area contributed by atoms with Crippen LogP contribution in [0.4, 0.5) is 5.69 Å². The van der Waals surface area contributed by atoms with E-state index in [9.17, 15) is 0 Å². The largest absolute Gasteiger partial charge is 0.380 e. The molecule has 3 heteroatoms. The monoisotopic (exact) mass is 218 g/mol. The van der Waals surface area contributed by atoms with Gasteiger partial charge in [-0.1, -0.05) is 17.7 Å². The molecule has 0 spiro atoms. The first-order valence-electron chi connectivity index (χ1n) is 4.95. The van der Waals surface area contributed by atoms with Gasteiger partial charge in [-0.25, -0.2) is 4.98 Å². The Kier molecular flexibility index (Phi) is 3.02. The average molecular weight is 218 g/mol. The van der Waals surface area contributed by atoms with Gasteiger partial charge in [0, 0.05) is 10.6 Å². The van der Waals surface area contributed by atoms with Crippen LogP contribution in [0, 0.1) is 13.8 Å². The van der Waals surface area contributed by atoms with Crippen molar-refractivity contribution in [3.05, 3.63) is 45.9 Å². The lowest BCUT2D eigenvalue weighted by Gasteiger charge is -2.05. The maximum absolute atomic E-state index is 4.22. The quantitative estimate of drug-likeness (QED) is 0.854. The van der Waals surface area contributed by atoms with Gasteiger partial charge in [0.1, 0.15) is 0 Å². The van der Waals surface area contributed by atoms with Crippen LogP contribution >= 0.6 is 11.3 Å². The molecule has 1 heterocycles. The van der Waals surface area contributed by atoms with Crippen LogP contribution in [0.3, 0.4) is 0 Å². The molecule has 2 rings (SSSR count). The molecule has 0 saturated carbocycles. The van der Waals surface area contributed by atoms with E-state index in [2.05, 4.69) is 41.5 Å². The lowest BCUT2D eigenvalue weighted by Crippen LogP contribution is -1.98. The molecule has 78 valence electrons. The Morgan fingerprint density at radius 2 is 1.93 bits per heavy atom. The van der Waals surface area contributed by atoms with Crippen molar-refractivity contribution in [2.75, 3.05) is 5.32 Å². The molecule has 2 nitrogen and oxygen atoms in total. The number of hydrogen-bond donors (Lipinski definition) is 1. The number of nitrogens with zero attached hydrogens (tertiary/aromatic N) is 1. The Bertz CT molecular complexity index is 431. The molecule has 0 amide bonds. The summed E-state index contributed by atoms with van der Waals surface area (Å²) in [6.45, 7) is 5.00. The van der Waals surface area contributed by atoms with Gasteiger partial charge in [-0.05, 0) is 26.0 Å². The smallest absolute Gasteiger partial charge is 0.0798 e. The number of anilines is 1. The second kappa shape index (κ2) is 4.45. The molecular formula is C12H14N2S. The van der Waals surface area contributed by atoms with Crippen molar-refractivity contribution < 1.29 is 0 Å². The molecule has 0 aliphatic heterocycles. The van der Waals surface area contributed by atoms with Gasteiger partial charge in [-0.3, -0.25) is 0 Å². The van der Waals surface area contributed by atoms with Gasteiger partial charge in [0.25, 0.3) is 0 Å². The Hall–Kier alpha value is -1.35. The van der Waals surface area contributed by atoms with E-state index in [1.807, 2.05) is 12.4 Å². The third kappa shape index (κ3) is 2.57. The Labute approximate surface area is 94.0 Å². The zero-order valence-corrected chi connectivity index (χ0v) is 9.77. The molecule has 2 aromatic rings. The van der Waals surface area contributed by atoms with E-state index in [4.69, 9.17) is 0 Å².